The number of rotatable bonds is 0. The van der Waals surface area contributed by atoms with E-state index in [1.165, 1.54) is 11.1 Å². The molecule has 10 heavy (non-hydrogen) atoms. The van der Waals surface area contributed by atoms with E-state index in [-0.39, 0.29) is 0 Å². The topological polar surface area (TPSA) is 0 Å². The van der Waals surface area contributed by atoms with Crippen LogP contribution >= 0.6 is 0 Å². The van der Waals surface area contributed by atoms with E-state index in [1.807, 2.05) is 0 Å². The molecule has 1 unspecified atom stereocenters. The summed E-state index contributed by atoms with van der Waals surface area (Å²) in [7, 11) is 0. The third kappa shape index (κ3) is 0.846. The summed E-state index contributed by atoms with van der Waals surface area (Å²) in [6.45, 7) is 0. The molecule has 48 valence electrons. The summed E-state index contributed by atoms with van der Waals surface area (Å²) in [5.41, 5.74) is 2.80. The average molecular weight is 166 g/mol. The minimum atomic E-state index is 0.559. The van der Waals surface area contributed by atoms with Crippen LogP contribution in [0.3, 0.4) is 0 Å². The summed E-state index contributed by atoms with van der Waals surface area (Å²) < 4.78 is 0.559. The number of fused-ring (bicyclic) bond motifs is 1. The zero-order valence-electron chi connectivity index (χ0n) is 5.49. The third-order valence-electron chi connectivity index (χ3n) is 1.77. The molecule has 2 rings (SSSR count). The average Bonchev–Trinajstić information content (AvgIpc) is 2.34. The third-order valence-corrected chi connectivity index (χ3v) is 2.48. The van der Waals surface area contributed by atoms with Gasteiger partial charge in [0.1, 0.15) is 0 Å². The summed E-state index contributed by atoms with van der Waals surface area (Å²) in [5.74, 6) is 0. The fraction of sp³-hybridized carbons (Fsp3) is 0.111. The first-order valence-corrected chi connectivity index (χ1v) is 4.14. The molecule has 0 spiro atoms. The van der Waals surface area contributed by atoms with E-state index in [4.69, 9.17) is 0 Å². The molecule has 0 bridgehead atoms. The molecule has 1 heteroatoms. The standard InChI is InChI=1S/C9H7.V/c1-2-5-9-7-3-6-8(9)4-1;/h1-7H;. The Morgan fingerprint density at radius 2 is 2.00 bits per heavy atom. The van der Waals surface area contributed by atoms with Crippen molar-refractivity contribution in [3.05, 3.63) is 41.5 Å². The monoisotopic (exact) mass is 166 g/mol. The van der Waals surface area contributed by atoms with Crippen molar-refractivity contribution in [2.24, 2.45) is 0 Å². The van der Waals surface area contributed by atoms with Gasteiger partial charge in [0.2, 0.25) is 0 Å². The van der Waals surface area contributed by atoms with Crippen molar-refractivity contribution in [3.63, 3.8) is 0 Å². The first-order valence-electron chi connectivity index (χ1n) is 3.33. The van der Waals surface area contributed by atoms with Crippen molar-refractivity contribution in [2.45, 2.75) is 4.63 Å². The molecular formula is C9H7V. The second-order valence-corrected chi connectivity index (χ2v) is 3.30. The van der Waals surface area contributed by atoms with Crippen LogP contribution in [0.25, 0.3) is 6.08 Å². The van der Waals surface area contributed by atoms with E-state index >= 15 is 0 Å². The minimum absolute atomic E-state index is 0.559. The Bertz CT molecular complexity index is 276. The van der Waals surface area contributed by atoms with Crippen molar-refractivity contribution < 1.29 is 17.4 Å². The fourth-order valence-corrected chi connectivity index (χ4v) is 1.73. The molecule has 0 saturated carbocycles. The second-order valence-electron chi connectivity index (χ2n) is 2.43. The fourth-order valence-electron chi connectivity index (χ4n) is 1.23. The zero-order valence-corrected chi connectivity index (χ0v) is 6.89. The molecule has 1 aliphatic carbocycles. The van der Waals surface area contributed by atoms with Crippen molar-refractivity contribution in [2.75, 3.05) is 0 Å². The van der Waals surface area contributed by atoms with E-state index in [0.717, 1.165) is 0 Å². The van der Waals surface area contributed by atoms with Crippen LogP contribution in [-0.4, -0.2) is 0 Å². The van der Waals surface area contributed by atoms with E-state index in [0.29, 0.717) is 4.63 Å². The molecule has 0 saturated heterocycles. The number of hydrogen-bond donors (Lipinski definition) is 0. The number of allylic oxidation sites excluding steroid dienone is 1. The maximum atomic E-state index is 2.67. The van der Waals surface area contributed by atoms with Gasteiger partial charge in [-0.2, -0.15) is 0 Å². The Morgan fingerprint density at radius 3 is 2.80 bits per heavy atom. The number of hydrogen-bond acceptors (Lipinski definition) is 0. The molecule has 0 radical (unpaired) electrons. The van der Waals surface area contributed by atoms with E-state index in [1.54, 1.807) is 0 Å². The van der Waals surface area contributed by atoms with Crippen LogP contribution < -0.4 is 0 Å². The molecule has 1 aliphatic rings. The van der Waals surface area contributed by atoms with Crippen LogP contribution in [0.2, 0.25) is 0 Å². The Balaban J connectivity index is 2.59. The quantitative estimate of drug-likeness (QED) is 0.554. The van der Waals surface area contributed by atoms with Crippen molar-refractivity contribution in [1.29, 1.82) is 0 Å². The molecule has 1 atom stereocenters. The zero-order chi connectivity index (χ0) is 6.97. The Hall–Kier alpha value is -0.456. The second kappa shape index (κ2) is 2.30. The van der Waals surface area contributed by atoms with Gasteiger partial charge in [-0.05, 0) is 0 Å². The SMILES string of the molecule is [V][CH]1C=Cc2ccccc21. The van der Waals surface area contributed by atoms with Gasteiger partial charge in [-0.25, -0.2) is 0 Å². The summed E-state index contributed by atoms with van der Waals surface area (Å²) in [4.78, 5) is 0. The molecule has 0 aromatic heterocycles. The van der Waals surface area contributed by atoms with Gasteiger partial charge in [-0.1, -0.05) is 0 Å². The summed E-state index contributed by atoms with van der Waals surface area (Å²) in [6.07, 6.45) is 4.39. The Kier molecular flexibility index (Phi) is 1.44. The molecule has 1 aromatic carbocycles. The van der Waals surface area contributed by atoms with Gasteiger partial charge in [-0.15, -0.1) is 0 Å². The molecule has 0 aliphatic heterocycles. The molecule has 0 fully saturated rings. The van der Waals surface area contributed by atoms with Crippen molar-refractivity contribution in [3.8, 4) is 0 Å². The van der Waals surface area contributed by atoms with E-state index in [2.05, 4.69) is 53.8 Å². The van der Waals surface area contributed by atoms with E-state index < -0.39 is 0 Å². The van der Waals surface area contributed by atoms with Crippen LogP contribution in [0.1, 0.15) is 15.8 Å². The first kappa shape index (κ1) is 6.27. The van der Waals surface area contributed by atoms with Crippen LogP contribution in [0.15, 0.2) is 30.3 Å². The first-order chi connectivity index (χ1) is 4.88. The van der Waals surface area contributed by atoms with Gasteiger partial charge < -0.3 is 0 Å². The molecule has 0 heterocycles. The van der Waals surface area contributed by atoms with Gasteiger partial charge in [0.25, 0.3) is 0 Å². The summed E-state index contributed by atoms with van der Waals surface area (Å²) in [6, 6.07) is 8.50. The molecule has 0 N–H and O–H groups in total. The number of benzene rings is 1. The summed E-state index contributed by atoms with van der Waals surface area (Å²) in [5, 5.41) is 0. The predicted molar refractivity (Wildman–Crippen MR) is 38.2 cm³/mol. The predicted octanol–water partition coefficient (Wildman–Crippen LogP) is 2.30. The van der Waals surface area contributed by atoms with E-state index in [9.17, 15) is 0 Å². The van der Waals surface area contributed by atoms with Crippen LogP contribution in [-0.2, 0) is 17.4 Å². The molecule has 0 nitrogen and oxygen atoms in total. The molecule has 1 aromatic rings. The maximum absolute atomic E-state index is 2.67. The van der Waals surface area contributed by atoms with Crippen LogP contribution in [0, 0.1) is 0 Å². The van der Waals surface area contributed by atoms with Gasteiger partial charge in [0.05, 0.1) is 0 Å². The molecular weight excluding hydrogens is 159 g/mol. The summed E-state index contributed by atoms with van der Waals surface area (Å²) >= 11 is 2.67. The van der Waals surface area contributed by atoms with Crippen LogP contribution in [0.4, 0.5) is 0 Å². The Labute approximate surface area is 69.9 Å². The van der Waals surface area contributed by atoms with Gasteiger partial charge in [0.15, 0.2) is 0 Å². The molecule has 0 amide bonds. The normalized spacial score (nSPS) is 21.0. The Morgan fingerprint density at radius 1 is 1.20 bits per heavy atom. The van der Waals surface area contributed by atoms with Gasteiger partial charge >= 0.3 is 69.6 Å². The van der Waals surface area contributed by atoms with Gasteiger partial charge in [0, 0.05) is 0 Å². The van der Waals surface area contributed by atoms with Crippen molar-refractivity contribution >= 4 is 6.08 Å². The van der Waals surface area contributed by atoms with Crippen molar-refractivity contribution in [1.82, 2.24) is 0 Å². The van der Waals surface area contributed by atoms with Gasteiger partial charge in [-0.3, -0.25) is 0 Å². The van der Waals surface area contributed by atoms with Crippen LogP contribution in [0.5, 0.6) is 0 Å².